The lowest BCUT2D eigenvalue weighted by Crippen LogP contribution is -2.12. The van der Waals surface area contributed by atoms with Crippen molar-refractivity contribution in [3.63, 3.8) is 0 Å². The molecule has 1 N–H and O–H groups in total. The summed E-state index contributed by atoms with van der Waals surface area (Å²) in [5.41, 5.74) is 1.40. The molecule has 2 aromatic carbocycles. The highest BCUT2D eigenvalue weighted by molar-refractivity contribution is 9.10. The van der Waals surface area contributed by atoms with Crippen LogP contribution in [0, 0.1) is 10.1 Å². The average Bonchev–Trinajstić information content (AvgIpc) is 3.03. The van der Waals surface area contributed by atoms with Gasteiger partial charge in [0, 0.05) is 27.6 Å². The van der Waals surface area contributed by atoms with Crippen LogP contribution in [0.25, 0.3) is 11.3 Å². The Labute approximate surface area is 159 Å². The second-order valence-corrected chi connectivity index (χ2v) is 7.01. The normalized spacial score (nSPS) is 10.5. The highest BCUT2D eigenvalue weighted by atomic mass is 79.9. The van der Waals surface area contributed by atoms with Crippen LogP contribution in [0.3, 0.4) is 0 Å². The van der Waals surface area contributed by atoms with Gasteiger partial charge in [-0.15, -0.1) is 11.3 Å². The Morgan fingerprint density at radius 2 is 2.04 bits per heavy atom. The molecule has 1 amide bonds. The van der Waals surface area contributed by atoms with E-state index in [-0.39, 0.29) is 11.3 Å². The SMILES string of the molecule is O=C(Nc1nc(-c2ccccc2Cl)cs1)c1ccc(Br)c([N+](=O)[O-])c1. The first-order chi connectivity index (χ1) is 12.0. The molecule has 0 unspecified atom stereocenters. The Kier molecular flexibility index (Phi) is 5.12. The fourth-order valence-electron chi connectivity index (χ4n) is 2.09. The minimum Gasteiger partial charge on any atom is -0.298 e. The van der Waals surface area contributed by atoms with Gasteiger partial charge < -0.3 is 0 Å². The zero-order valence-corrected chi connectivity index (χ0v) is 15.6. The summed E-state index contributed by atoms with van der Waals surface area (Å²) in [6.45, 7) is 0. The number of anilines is 1. The van der Waals surface area contributed by atoms with Crippen molar-refractivity contribution in [3.8, 4) is 11.3 Å². The molecule has 0 aliphatic heterocycles. The Morgan fingerprint density at radius 1 is 1.28 bits per heavy atom. The first-order valence-corrected chi connectivity index (χ1v) is 8.96. The molecule has 0 spiro atoms. The third-order valence-corrected chi connectivity index (χ3v) is 5.04. The predicted octanol–water partition coefficient (Wildman–Crippen LogP) is 5.39. The largest absolute Gasteiger partial charge is 0.298 e. The van der Waals surface area contributed by atoms with E-state index in [4.69, 9.17) is 11.6 Å². The van der Waals surface area contributed by atoms with Gasteiger partial charge in [0.05, 0.1) is 15.1 Å². The summed E-state index contributed by atoms with van der Waals surface area (Å²) in [4.78, 5) is 27.1. The van der Waals surface area contributed by atoms with Crippen LogP contribution in [0.1, 0.15) is 10.4 Å². The number of nitro benzene ring substituents is 1. The standard InChI is InChI=1S/C16H9BrClN3O3S/c17-11-6-5-9(7-14(11)21(23)24)15(22)20-16-19-13(8-25-16)10-3-1-2-4-12(10)18/h1-8H,(H,19,20,22). The lowest BCUT2D eigenvalue weighted by Gasteiger charge is -2.03. The maximum absolute atomic E-state index is 12.3. The smallest absolute Gasteiger partial charge is 0.284 e. The molecule has 6 nitrogen and oxygen atoms in total. The van der Waals surface area contributed by atoms with Crippen molar-refractivity contribution in [1.29, 1.82) is 0 Å². The number of aromatic nitrogens is 1. The molecule has 1 aromatic heterocycles. The molecular formula is C16H9BrClN3O3S. The van der Waals surface area contributed by atoms with E-state index < -0.39 is 10.8 Å². The number of benzene rings is 2. The average molecular weight is 439 g/mol. The van der Waals surface area contributed by atoms with E-state index in [9.17, 15) is 14.9 Å². The molecule has 0 atom stereocenters. The van der Waals surface area contributed by atoms with Crippen LogP contribution in [-0.4, -0.2) is 15.8 Å². The number of halogens is 2. The van der Waals surface area contributed by atoms with Crippen LogP contribution in [-0.2, 0) is 0 Å². The molecule has 0 saturated carbocycles. The molecule has 3 aromatic rings. The maximum Gasteiger partial charge on any atom is 0.284 e. The highest BCUT2D eigenvalue weighted by Crippen LogP contribution is 2.31. The van der Waals surface area contributed by atoms with Gasteiger partial charge in [-0.2, -0.15) is 0 Å². The first-order valence-electron chi connectivity index (χ1n) is 6.91. The predicted molar refractivity (Wildman–Crippen MR) is 101 cm³/mol. The van der Waals surface area contributed by atoms with Gasteiger partial charge in [0.15, 0.2) is 5.13 Å². The van der Waals surface area contributed by atoms with Crippen molar-refractivity contribution in [1.82, 2.24) is 4.98 Å². The topological polar surface area (TPSA) is 85.1 Å². The number of carbonyl (C=O) groups is 1. The molecule has 9 heteroatoms. The molecule has 1 heterocycles. The third kappa shape index (κ3) is 3.87. The molecule has 0 bridgehead atoms. The van der Waals surface area contributed by atoms with Crippen LogP contribution in [0.2, 0.25) is 5.02 Å². The molecule has 3 rings (SSSR count). The number of nitro groups is 1. The van der Waals surface area contributed by atoms with E-state index in [1.807, 2.05) is 18.2 Å². The summed E-state index contributed by atoms with van der Waals surface area (Å²) >= 11 is 10.5. The number of hydrogen-bond donors (Lipinski definition) is 1. The van der Waals surface area contributed by atoms with Crippen molar-refractivity contribution in [3.05, 3.63) is 73.0 Å². The number of hydrogen-bond acceptors (Lipinski definition) is 5. The van der Waals surface area contributed by atoms with Gasteiger partial charge in [0.2, 0.25) is 0 Å². The van der Waals surface area contributed by atoms with Crippen LogP contribution in [0.15, 0.2) is 52.3 Å². The van der Waals surface area contributed by atoms with E-state index >= 15 is 0 Å². The van der Waals surface area contributed by atoms with E-state index in [1.165, 1.54) is 29.5 Å². The zero-order chi connectivity index (χ0) is 18.0. The van der Waals surface area contributed by atoms with E-state index in [1.54, 1.807) is 11.4 Å². The molecule has 0 fully saturated rings. The number of amides is 1. The number of rotatable bonds is 4. The monoisotopic (exact) mass is 437 g/mol. The van der Waals surface area contributed by atoms with Crippen LogP contribution >= 0.6 is 38.9 Å². The van der Waals surface area contributed by atoms with Gasteiger partial charge in [-0.3, -0.25) is 20.2 Å². The minimum atomic E-state index is -0.556. The quantitative estimate of drug-likeness (QED) is 0.437. The van der Waals surface area contributed by atoms with Gasteiger partial charge in [-0.25, -0.2) is 4.98 Å². The fourth-order valence-corrected chi connectivity index (χ4v) is 3.42. The molecular weight excluding hydrogens is 430 g/mol. The maximum atomic E-state index is 12.3. The van der Waals surface area contributed by atoms with Crippen molar-refractivity contribution < 1.29 is 9.72 Å². The Hall–Kier alpha value is -2.29. The molecule has 126 valence electrons. The van der Waals surface area contributed by atoms with Crippen LogP contribution in [0.5, 0.6) is 0 Å². The molecule has 0 radical (unpaired) electrons. The summed E-state index contributed by atoms with van der Waals surface area (Å²) in [7, 11) is 0. The van der Waals surface area contributed by atoms with E-state index in [2.05, 4.69) is 26.2 Å². The van der Waals surface area contributed by atoms with Gasteiger partial charge >= 0.3 is 0 Å². The first kappa shape index (κ1) is 17.5. The van der Waals surface area contributed by atoms with Crippen molar-refractivity contribution in [2.75, 3.05) is 5.32 Å². The van der Waals surface area contributed by atoms with E-state index in [0.717, 1.165) is 5.56 Å². The molecule has 0 aliphatic carbocycles. The van der Waals surface area contributed by atoms with Crippen LogP contribution in [0.4, 0.5) is 10.8 Å². The number of nitrogens with one attached hydrogen (secondary N) is 1. The lowest BCUT2D eigenvalue weighted by atomic mass is 10.2. The zero-order valence-electron chi connectivity index (χ0n) is 12.4. The highest BCUT2D eigenvalue weighted by Gasteiger charge is 2.17. The molecule has 25 heavy (non-hydrogen) atoms. The lowest BCUT2D eigenvalue weighted by molar-refractivity contribution is -0.385. The number of nitrogens with zero attached hydrogens (tertiary/aromatic N) is 2. The Balaban J connectivity index is 1.82. The molecule has 0 aliphatic rings. The third-order valence-electron chi connectivity index (χ3n) is 3.28. The fraction of sp³-hybridized carbons (Fsp3) is 0. The summed E-state index contributed by atoms with van der Waals surface area (Å²) in [6, 6.07) is 11.4. The Morgan fingerprint density at radius 3 is 2.76 bits per heavy atom. The van der Waals surface area contributed by atoms with Gasteiger partial charge in [0.25, 0.3) is 11.6 Å². The second kappa shape index (κ2) is 7.30. The van der Waals surface area contributed by atoms with Crippen molar-refractivity contribution in [2.45, 2.75) is 0 Å². The molecule has 0 saturated heterocycles. The minimum absolute atomic E-state index is 0.171. The summed E-state index contributed by atoms with van der Waals surface area (Å²) < 4.78 is 0.310. The summed E-state index contributed by atoms with van der Waals surface area (Å²) in [5.74, 6) is -0.476. The summed E-state index contributed by atoms with van der Waals surface area (Å²) in [5, 5.41) is 16.3. The van der Waals surface area contributed by atoms with Gasteiger partial charge in [-0.05, 0) is 34.1 Å². The van der Waals surface area contributed by atoms with Crippen LogP contribution < -0.4 is 5.32 Å². The van der Waals surface area contributed by atoms with Gasteiger partial charge in [-0.1, -0.05) is 29.8 Å². The number of thiazole rings is 1. The second-order valence-electron chi connectivity index (χ2n) is 4.90. The van der Waals surface area contributed by atoms with Crippen molar-refractivity contribution >= 4 is 55.6 Å². The van der Waals surface area contributed by atoms with Gasteiger partial charge in [0.1, 0.15) is 0 Å². The summed E-state index contributed by atoms with van der Waals surface area (Å²) in [6.07, 6.45) is 0. The van der Waals surface area contributed by atoms with Crippen molar-refractivity contribution in [2.24, 2.45) is 0 Å². The van der Waals surface area contributed by atoms with E-state index in [0.29, 0.717) is 20.3 Å². The number of carbonyl (C=O) groups excluding carboxylic acids is 1. The Bertz CT molecular complexity index is 977.